The molecule has 1 aliphatic rings. The molecule has 1 saturated carbocycles. The molecule has 20 heavy (non-hydrogen) atoms. The molecule has 1 fully saturated rings. The number of carbonyl (C=O) groups is 2. The van der Waals surface area contributed by atoms with E-state index in [1.165, 1.54) is 6.26 Å². The number of rotatable bonds is 7. The smallest absolute Gasteiger partial charge is 0.308 e. The number of aromatic nitrogens is 1. The minimum absolute atomic E-state index is 0.127. The van der Waals surface area contributed by atoms with Crippen LogP contribution in [0.15, 0.2) is 10.8 Å². The maximum Gasteiger partial charge on any atom is 0.308 e. The molecular formula is C14H20N2O4. The summed E-state index contributed by atoms with van der Waals surface area (Å²) in [6, 6.07) is 0. The van der Waals surface area contributed by atoms with E-state index < -0.39 is 11.9 Å². The number of nitrogens with one attached hydrogen (secondary N) is 1. The van der Waals surface area contributed by atoms with Crippen molar-refractivity contribution in [1.82, 2.24) is 10.5 Å². The van der Waals surface area contributed by atoms with Gasteiger partial charge in [0.25, 0.3) is 5.91 Å². The van der Waals surface area contributed by atoms with E-state index >= 15 is 0 Å². The number of aliphatic carboxylic acids is 1. The zero-order valence-corrected chi connectivity index (χ0v) is 11.8. The number of hydrogen-bond acceptors (Lipinski definition) is 4. The first-order valence-electron chi connectivity index (χ1n) is 6.94. The average molecular weight is 280 g/mol. The summed E-state index contributed by atoms with van der Waals surface area (Å²) < 4.78 is 4.86. The van der Waals surface area contributed by atoms with Gasteiger partial charge in [-0.15, -0.1) is 0 Å². The first-order chi connectivity index (χ1) is 9.49. The minimum atomic E-state index is -0.883. The van der Waals surface area contributed by atoms with E-state index in [1.54, 1.807) is 0 Å². The number of carboxylic acids is 1. The Labute approximate surface area is 117 Å². The van der Waals surface area contributed by atoms with Crippen LogP contribution in [0.4, 0.5) is 0 Å². The third-order valence-electron chi connectivity index (χ3n) is 3.42. The summed E-state index contributed by atoms with van der Waals surface area (Å²) in [7, 11) is 0. The summed E-state index contributed by atoms with van der Waals surface area (Å²) in [5, 5.41) is 15.7. The summed E-state index contributed by atoms with van der Waals surface area (Å²) in [4.78, 5) is 23.2. The highest BCUT2D eigenvalue weighted by Gasteiger charge is 2.32. The molecule has 1 heterocycles. The van der Waals surface area contributed by atoms with Crippen molar-refractivity contribution in [3.63, 3.8) is 0 Å². The molecule has 1 aromatic heterocycles. The third kappa shape index (κ3) is 3.59. The second-order valence-electron chi connectivity index (χ2n) is 5.76. The van der Waals surface area contributed by atoms with Crippen molar-refractivity contribution in [2.75, 3.05) is 6.54 Å². The molecule has 0 bridgehead atoms. The molecule has 1 unspecified atom stereocenters. The predicted octanol–water partition coefficient (Wildman–Crippen LogP) is 2.03. The van der Waals surface area contributed by atoms with Crippen LogP contribution in [0.5, 0.6) is 0 Å². The topological polar surface area (TPSA) is 92.4 Å². The molecule has 1 aromatic rings. The highest BCUT2D eigenvalue weighted by Crippen LogP contribution is 2.40. The van der Waals surface area contributed by atoms with Crippen LogP contribution >= 0.6 is 0 Å². The van der Waals surface area contributed by atoms with Crippen molar-refractivity contribution >= 4 is 11.9 Å². The van der Waals surface area contributed by atoms with Gasteiger partial charge in [0.1, 0.15) is 11.8 Å². The molecule has 2 N–H and O–H groups in total. The van der Waals surface area contributed by atoms with Gasteiger partial charge in [-0.05, 0) is 25.2 Å². The zero-order chi connectivity index (χ0) is 14.7. The van der Waals surface area contributed by atoms with Crippen LogP contribution in [-0.4, -0.2) is 28.7 Å². The van der Waals surface area contributed by atoms with Gasteiger partial charge in [-0.25, -0.2) is 0 Å². The Hall–Kier alpha value is -1.85. The second kappa shape index (κ2) is 6.07. The number of nitrogens with zero attached hydrogens (tertiary/aromatic N) is 1. The quantitative estimate of drug-likeness (QED) is 0.797. The Morgan fingerprint density at radius 2 is 2.20 bits per heavy atom. The van der Waals surface area contributed by atoms with Crippen LogP contribution in [0.3, 0.4) is 0 Å². The van der Waals surface area contributed by atoms with Crippen LogP contribution < -0.4 is 5.32 Å². The monoisotopic (exact) mass is 280 g/mol. The van der Waals surface area contributed by atoms with E-state index in [1.807, 2.05) is 13.8 Å². The van der Waals surface area contributed by atoms with Gasteiger partial charge >= 0.3 is 5.97 Å². The summed E-state index contributed by atoms with van der Waals surface area (Å²) in [5.41, 5.74) is 1.12. The summed E-state index contributed by atoms with van der Waals surface area (Å²) in [6.45, 7) is 4.05. The molecule has 110 valence electrons. The molecule has 1 atom stereocenters. The van der Waals surface area contributed by atoms with E-state index in [0.29, 0.717) is 23.6 Å². The van der Waals surface area contributed by atoms with E-state index in [0.717, 1.165) is 12.8 Å². The van der Waals surface area contributed by atoms with Crippen LogP contribution in [0, 0.1) is 11.8 Å². The van der Waals surface area contributed by atoms with E-state index in [9.17, 15) is 9.59 Å². The van der Waals surface area contributed by atoms with Gasteiger partial charge in [0.15, 0.2) is 0 Å². The Bertz CT molecular complexity index is 491. The standard InChI is InChI=1S/C14H20N2O4/c1-8(2)5-10(14(18)19)6-15-13(17)11-7-20-16-12(11)9-3-4-9/h7-10H,3-6H2,1-2H3,(H,15,17)(H,18,19). The van der Waals surface area contributed by atoms with E-state index in [4.69, 9.17) is 9.63 Å². The molecule has 0 saturated heterocycles. The van der Waals surface area contributed by atoms with Gasteiger partial charge < -0.3 is 14.9 Å². The molecular weight excluding hydrogens is 260 g/mol. The van der Waals surface area contributed by atoms with Crippen molar-refractivity contribution in [2.45, 2.75) is 39.0 Å². The third-order valence-corrected chi connectivity index (χ3v) is 3.42. The number of carbonyl (C=O) groups excluding carboxylic acids is 1. The second-order valence-corrected chi connectivity index (χ2v) is 5.76. The lowest BCUT2D eigenvalue weighted by Gasteiger charge is -2.15. The van der Waals surface area contributed by atoms with Gasteiger partial charge in [0, 0.05) is 12.5 Å². The fraction of sp³-hybridized carbons (Fsp3) is 0.643. The molecule has 1 aliphatic carbocycles. The highest BCUT2D eigenvalue weighted by molar-refractivity contribution is 5.95. The first kappa shape index (κ1) is 14.6. The lowest BCUT2D eigenvalue weighted by Crippen LogP contribution is -2.33. The lowest BCUT2D eigenvalue weighted by molar-refractivity contribution is -0.142. The van der Waals surface area contributed by atoms with Gasteiger partial charge in [-0.2, -0.15) is 0 Å². The van der Waals surface area contributed by atoms with Crippen molar-refractivity contribution in [3.8, 4) is 0 Å². The Balaban J connectivity index is 1.93. The minimum Gasteiger partial charge on any atom is -0.481 e. The van der Waals surface area contributed by atoms with Gasteiger partial charge in [0.2, 0.25) is 0 Å². The van der Waals surface area contributed by atoms with Crippen molar-refractivity contribution in [2.24, 2.45) is 11.8 Å². The summed E-state index contributed by atoms with van der Waals surface area (Å²) in [6.07, 6.45) is 3.92. The van der Waals surface area contributed by atoms with Crippen LogP contribution in [0.1, 0.15) is 55.1 Å². The Morgan fingerprint density at radius 3 is 2.75 bits per heavy atom. The molecule has 6 heteroatoms. The van der Waals surface area contributed by atoms with E-state index in [2.05, 4.69) is 10.5 Å². The van der Waals surface area contributed by atoms with Crippen molar-refractivity contribution in [3.05, 3.63) is 17.5 Å². The highest BCUT2D eigenvalue weighted by atomic mass is 16.5. The van der Waals surface area contributed by atoms with Crippen LogP contribution in [0.2, 0.25) is 0 Å². The maximum atomic E-state index is 12.1. The zero-order valence-electron chi connectivity index (χ0n) is 11.8. The number of carboxylic acid groups (broad SMARTS) is 1. The van der Waals surface area contributed by atoms with Crippen LogP contribution in [-0.2, 0) is 4.79 Å². The molecule has 1 amide bonds. The normalized spacial score (nSPS) is 16.1. The fourth-order valence-corrected chi connectivity index (χ4v) is 2.22. The van der Waals surface area contributed by atoms with Crippen molar-refractivity contribution < 1.29 is 19.2 Å². The maximum absolute atomic E-state index is 12.1. The Morgan fingerprint density at radius 1 is 1.50 bits per heavy atom. The van der Waals surface area contributed by atoms with Gasteiger partial charge in [-0.1, -0.05) is 19.0 Å². The van der Waals surface area contributed by atoms with Crippen LogP contribution in [0.25, 0.3) is 0 Å². The summed E-state index contributed by atoms with van der Waals surface area (Å²) >= 11 is 0. The SMILES string of the molecule is CC(C)CC(CNC(=O)c1conc1C1CC1)C(=O)O. The summed E-state index contributed by atoms with van der Waals surface area (Å²) in [5.74, 6) is -1.16. The number of hydrogen-bond donors (Lipinski definition) is 2. The van der Waals surface area contributed by atoms with Crippen molar-refractivity contribution in [1.29, 1.82) is 0 Å². The van der Waals surface area contributed by atoms with E-state index in [-0.39, 0.29) is 18.4 Å². The molecule has 2 rings (SSSR count). The molecule has 0 aliphatic heterocycles. The first-order valence-corrected chi connectivity index (χ1v) is 6.94. The average Bonchev–Trinajstić information content (AvgIpc) is 3.10. The molecule has 0 spiro atoms. The lowest BCUT2D eigenvalue weighted by atomic mass is 9.97. The molecule has 0 radical (unpaired) electrons. The predicted molar refractivity (Wildman–Crippen MR) is 71.4 cm³/mol. The molecule has 6 nitrogen and oxygen atoms in total. The Kier molecular flexibility index (Phi) is 4.42. The van der Waals surface area contributed by atoms with Gasteiger partial charge in [-0.3, -0.25) is 9.59 Å². The fourth-order valence-electron chi connectivity index (χ4n) is 2.22. The largest absolute Gasteiger partial charge is 0.481 e. The van der Waals surface area contributed by atoms with Gasteiger partial charge in [0.05, 0.1) is 11.6 Å². The molecule has 0 aromatic carbocycles. The number of amides is 1.